The van der Waals surface area contributed by atoms with Crippen molar-refractivity contribution in [3.05, 3.63) is 23.2 Å². The summed E-state index contributed by atoms with van der Waals surface area (Å²) in [7, 11) is 1.70. The van der Waals surface area contributed by atoms with Gasteiger partial charge < -0.3 is 14.8 Å². The van der Waals surface area contributed by atoms with E-state index in [1.165, 1.54) is 32.1 Å². The number of anilines is 1. The van der Waals surface area contributed by atoms with Crippen LogP contribution < -0.4 is 10.1 Å². The minimum atomic E-state index is 0.111. The van der Waals surface area contributed by atoms with E-state index in [4.69, 9.17) is 21.1 Å². The molecule has 1 unspecified atom stereocenters. The summed E-state index contributed by atoms with van der Waals surface area (Å²) in [5.41, 5.74) is 1.10. The van der Waals surface area contributed by atoms with Gasteiger partial charge in [-0.3, -0.25) is 0 Å². The number of rotatable bonds is 3. The van der Waals surface area contributed by atoms with E-state index in [9.17, 15) is 0 Å². The van der Waals surface area contributed by atoms with Gasteiger partial charge in [-0.25, -0.2) is 0 Å². The van der Waals surface area contributed by atoms with Crippen LogP contribution in [0.2, 0.25) is 5.02 Å². The molecule has 116 valence electrons. The number of ether oxygens (including phenoxy) is 2. The fourth-order valence-corrected chi connectivity index (χ4v) is 3.88. The number of nitrogens with one attached hydrogen (secondary N) is 1. The number of hydrogen-bond donors (Lipinski definition) is 1. The second kappa shape index (κ2) is 6.45. The zero-order chi connectivity index (χ0) is 14.7. The van der Waals surface area contributed by atoms with Crippen molar-refractivity contribution in [3.8, 4) is 5.75 Å². The minimum absolute atomic E-state index is 0.111. The lowest BCUT2D eigenvalue weighted by Gasteiger charge is -2.44. The third kappa shape index (κ3) is 3.46. The van der Waals surface area contributed by atoms with Crippen molar-refractivity contribution in [1.82, 2.24) is 0 Å². The average Bonchev–Trinajstić information content (AvgIpc) is 2.48. The third-order valence-electron chi connectivity index (χ3n) is 4.78. The van der Waals surface area contributed by atoms with E-state index in [1.54, 1.807) is 7.11 Å². The monoisotopic (exact) mass is 309 g/mol. The van der Waals surface area contributed by atoms with Crippen molar-refractivity contribution in [2.75, 3.05) is 19.0 Å². The normalized spacial score (nSPS) is 24.8. The minimum Gasteiger partial charge on any atom is -0.495 e. The molecule has 0 bridgehead atoms. The molecule has 1 spiro atoms. The van der Waals surface area contributed by atoms with Gasteiger partial charge in [-0.15, -0.1) is 0 Å². The van der Waals surface area contributed by atoms with Crippen molar-refractivity contribution in [3.63, 3.8) is 0 Å². The van der Waals surface area contributed by atoms with Crippen LogP contribution in [0.4, 0.5) is 5.69 Å². The number of methoxy groups -OCH3 is 1. The van der Waals surface area contributed by atoms with E-state index in [1.807, 2.05) is 18.2 Å². The maximum Gasteiger partial charge on any atom is 0.142 e. The predicted molar refractivity (Wildman–Crippen MR) is 86.4 cm³/mol. The van der Waals surface area contributed by atoms with E-state index in [2.05, 4.69) is 5.32 Å². The molecule has 1 aromatic rings. The second-order valence-corrected chi connectivity index (χ2v) is 6.71. The van der Waals surface area contributed by atoms with E-state index >= 15 is 0 Å². The molecule has 21 heavy (non-hydrogen) atoms. The quantitative estimate of drug-likeness (QED) is 0.882. The van der Waals surface area contributed by atoms with Crippen LogP contribution in [0.1, 0.15) is 44.9 Å². The first-order valence-corrected chi connectivity index (χ1v) is 8.33. The van der Waals surface area contributed by atoms with Crippen molar-refractivity contribution < 1.29 is 9.47 Å². The molecule has 1 aromatic carbocycles. The van der Waals surface area contributed by atoms with Crippen molar-refractivity contribution in [2.24, 2.45) is 0 Å². The van der Waals surface area contributed by atoms with Crippen LogP contribution in [-0.2, 0) is 4.74 Å². The highest BCUT2D eigenvalue weighted by molar-refractivity contribution is 6.30. The van der Waals surface area contributed by atoms with Crippen LogP contribution in [0.3, 0.4) is 0 Å². The Labute approximate surface area is 132 Å². The van der Waals surface area contributed by atoms with Gasteiger partial charge in [-0.05, 0) is 43.9 Å². The summed E-state index contributed by atoms with van der Waals surface area (Å²) in [6.07, 6.45) is 8.49. The summed E-state index contributed by atoms with van der Waals surface area (Å²) in [5.74, 6) is 0.851. The van der Waals surface area contributed by atoms with Gasteiger partial charge in [-0.2, -0.15) is 0 Å². The summed E-state index contributed by atoms with van der Waals surface area (Å²) in [5, 5.41) is 4.36. The van der Waals surface area contributed by atoms with E-state index in [0.717, 1.165) is 35.9 Å². The lowest BCUT2D eigenvalue weighted by molar-refractivity contribution is -0.103. The second-order valence-electron chi connectivity index (χ2n) is 6.27. The SMILES string of the molecule is COc1ccc(Cl)cc1NC1CCOC2(CCCCC2)C1. The summed E-state index contributed by atoms with van der Waals surface area (Å²) in [6, 6.07) is 6.16. The summed E-state index contributed by atoms with van der Waals surface area (Å²) >= 11 is 6.11. The highest BCUT2D eigenvalue weighted by atomic mass is 35.5. The van der Waals surface area contributed by atoms with E-state index in [0.29, 0.717) is 6.04 Å². The van der Waals surface area contributed by atoms with Gasteiger partial charge in [-0.1, -0.05) is 30.9 Å². The molecule has 3 rings (SSSR count). The van der Waals surface area contributed by atoms with Gasteiger partial charge >= 0.3 is 0 Å². The molecule has 1 N–H and O–H groups in total. The Morgan fingerprint density at radius 2 is 2.10 bits per heavy atom. The highest BCUT2D eigenvalue weighted by Crippen LogP contribution is 2.40. The zero-order valence-electron chi connectivity index (χ0n) is 12.7. The molecule has 1 saturated heterocycles. The van der Waals surface area contributed by atoms with Crippen LogP contribution in [0.15, 0.2) is 18.2 Å². The number of halogens is 1. The fourth-order valence-electron chi connectivity index (χ4n) is 3.71. The molecule has 0 aromatic heterocycles. The Morgan fingerprint density at radius 1 is 1.29 bits per heavy atom. The first kappa shape index (κ1) is 15.0. The molecule has 4 heteroatoms. The van der Waals surface area contributed by atoms with Crippen molar-refractivity contribution in [2.45, 2.75) is 56.6 Å². The van der Waals surface area contributed by atoms with Crippen LogP contribution in [0, 0.1) is 0 Å². The van der Waals surface area contributed by atoms with Crippen LogP contribution in [0.5, 0.6) is 5.75 Å². The predicted octanol–water partition coefficient (Wildman–Crippen LogP) is 4.64. The molecule has 1 aliphatic heterocycles. The zero-order valence-corrected chi connectivity index (χ0v) is 13.4. The Kier molecular flexibility index (Phi) is 4.60. The van der Waals surface area contributed by atoms with Crippen LogP contribution in [-0.4, -0.2) is 25.4 Å². The fraction of sp³-hybridized carbons (Fsp3) is 0.647. The van der Waals surface area contributed by atoms with Gasteiger partial charge in [0, 0.05) is 17.7 Å². The molecular formula is C17H24ClNO2. The van der Waals surface area contributed by atoms with Crippen LogP contribution >= 0.6 is 11.6 Å². The van der Waals surface area contributed by atoms with E-state index < -0.39 is 0 Å². The molecule has 1 atom stereocenters. The molecular weight excluding hydrogens is 286 g/mol. The topological polar surface area (TPSA) is 30.5 Å². The van der Waals surface area contributed by atoms with Gasteiger partial charge in [0.25, 0.3) is 0 Å². The van der Waals surface area contributed by atoms with Gasteiger partial charge in [0.15, 0.2) is 0 Å². The van der Waals surface area contributed by atoms with Gasteiger partial charge in [0.2, 0.25) is 0 Å². The molecule has 1 heterocycles. The molecule has 0 radical (unpaired) electrons. The Morgan fingerprint density at radius 3 is 2.86 bits per heavy atom. The standard InChI is InChI=1S/C17H24ClNO2/c1-20-16-6-5-13(18)11-15(16)19-14-7-10-21-17(12-14)8-3-2-4-9-17/h5-6,11,14,19H,2-4,7-10,12H2,1H3. The number of hydrogen-bond acceptors (Lipinski definition) is 3. The van der Waals surface area contributed by atoms with Crippen LogP contribution in [0.25, 0.3) is 0 Å². The third-order valence-corrected chi connectivity index (χ3v) is 5.01. The summed E-state index contributed by atoms with van der Waals surface area (Å²) < 4.78 is 11.6. The smallest absolute Gasteiger partial charge is 0.142 e. The Bertz CT molecular complexity index is 480. The first-order valence-electron chi connectivity index (χ1n) is 7.95. The highest BCUT2D eigenvalue weighted by Gasteiger charge is 2.38. The maximum absolute atomic E-state index is 6.16. The van der Waals surface area contributed by atoms with Crippen molar-refractivity contribution >= 4 is 17.3 Å². The Hall–Kier alpha value is -0.930. The number of benzene rings is 1. The Balaban J connectivity index is 1.71. The molecule has 2 fully saturated rings. The average molecular weight is 310 g/mol. The largest absolute Gasteiger partial charge is 0.495 e. The maximum atomic E-state index is 6.16. The van der Waals surface area contributed by atoms with Crippen molar-refractivity contribution in [1.29, 1.82) is 0 Å². The molecule has 0 amide bonds. The summed E-state index contributed by atoms with van der Waals surface area (Å²) in [6.45, 7) is 0.848. The molecule has 1 aliphatic carbocycles. The molecule has 1 saturated carbocycles. The molecule has 3 nitrogen and oxygen atoms in total. The summed E-state index contributed by atoms with van der Waals surface area (Å²) in [4.78, 5) is 0. The van der Waals surface area contributed by atoms with E-state index in [-0.39, 0.29) is 5.60 Å². The lowest BCUT2D eigenvalue weighted by Crippen LogP contribution is -2.45. The van der Waals surface area contributed by atoms with Gasteiger partial charge in [0.05, 0.1) is 18.4 Å². The van der Waals surface area contributed by atoms with Gasteiger partial charge in [0.1, 0.15) is 5.75 Å². The molecule has 2 aliphatic rings. The lowest BCUT2D eigenvalue weighted by atomic mass is 9.78. The first-order chi connectivity index (χ1) is 10.2.